The Bertz CT molecular complexity index is 1490. The van der Waals surface area contributed by atoms with Gasteiger partial charge in [0.2, 0.25) is 5.95 Å². The minimum Gasteiger partial charge on any atom is -0.497 e. The Hall–Kier alpha value is -4.25. The number of fused-ring (bicyclic) bond motifs is 1. The molecule has 0 radical (unpaired) electrons. The summed E-state index contributed by atoms with van der Waals surface area (Å²) < 4.78 is 12.2. The molecule has 0 bridgehead atoms. The van der Waals surface area contributed by atoms with Crippen molar-refractivity contribution < 1.29 is 14.3 Å². The first-order valence-electron chi connectivity index (χ1n) is 9.79. The molecule has 4 rings (SSSR count). The normalized spacial score (nSPS) is 10.7. The van der Waals surface area contributed by atoms with Gasteiger partial charge in [-0.05, 0) is 42.5 Å². The summed E-state index contributed by atoms with van der Waals surface area (Å²) in [5.74, 6) is 1.22. The molecule has 0 atom stereocenters. The van der Waals surface area contributed by atoms with E-state index in [9.17, 15) is 9.59 Å². The van der Waals surface area contributed by atoms with Crippen molar-refractivity contribution in [3.05, 3.63) is 69.7 Å². The summed E-state index contributed by atoms with van der Waals surface area (Å²) in [6, 6.07) is 9.94. The Labute approximate surface area is 192 Å². The maximum atomic E-state index is 12.8. The smallest absolute Gasteiger partial charge is 0.262 e. The van der Waals surface area contributed by atoms with Crippen molar-refractivity contribution in [1.82, 2.24) is 24.7 Å². The number of hydrogen-bond donors (Lipinski definition) is 3. The quantitative estimate of drug-likeness (QED) is 0.283. The van der Waals surface area contributed by atoms with Gasteiger partial charge in [0, 0.05) is 18.2 Å². The maximum absolute atomic E-state index is 12.8. The highest BCUT2D eigenvalue weighted by molar-refractivity contribution is 7.71. The van der Waals surface area contributed by atoms with E-state index in [1.807, 2.05) is 0 Å². The Morgan fingerprint density at radius 3 is 2.79 bits per heavy atom. The highest BCUT2D eigenvalue weighted by Gasteiger charge is 2.15. The molecular formula is C22H20N6O4S. The fraction of sp³-hybridized carbons (Fsp3) is 0.136. The largest absolute Gasteiger partial charge is 0.497 e. The maximum Gasteiger partial charge on any atom is 0.262 e. The number of carbonyl (C=O) groups excluding carboxylic acids is 1. The van der Waals surface area contributed by atoms with Crippen LogP contribution in [0.3, 0.4) is 0 Å². The second-order valence-electron chi connectivity index (χ2n) is 6.92. The lowest BCUT2D eigenvalue weighted by Gasteiger charge is -2.08. The van der Waals surface area contributed by atoms with Crippen molar-refractivity contribution in [3.8, 4) is 22.9 Å². The minimum atomic E-state index is -0.446. The molecule has 1 amide bonds. The number of aromatic nitrogens is 5. The molecule has 0 saturated carbocycles. The highest BCUT2D eigenvalue weighted by atomic mass is 32.1. The number of hydrogen-bond acceptors (Lipinski definition) is 7. The van der Waals surface area contributed by atoms with E-state index >= 15 is 0 Å². The molecule has 0 aliphatic carbocycles. The van der Waals surface area contributed by atoms with Crippen LogP contribution in [0.2, 0.25) is 0 Å². The number of methoxy groups -OCH3 is 2. The summed E-state index contributed by atoms with van der Waals surface area (Å²) in [7, 11) is 3.10. The Morgan fingerprint density at radius 2 is 2.06 bits per heavy atom. The number of anilines is 1. The summed E-state index contributed by atoms with van der Waals surface area (Å²) in [6.45, 7) is 3.92. The van der Waals surface area contributed by atoms with Crippen molar-refractivity contribution in [1.29, 1.82) is 0 Å². The lowest BCUT2D eigenvalue weighted by molar-refractivity contribution is 0.102. The Morgan fingerprint density at radius 1 is 1.24 bits per heavy atom. The van der Waals surface area contributed by atoms with E-state index in [0.29, 0.717) is 45.9 Å². The zero-order valence-corrected chi connectivity index (χ0v) is 18.7. The fourth-order valence-corrected chi connectivity index (χ4v) is 3.56. The fourth-order valence-electron chi connectivity index (χ4n) is 3.30. The third-order valence-electron chi connectivity index (χ3n) is 4.93. The van der Waals surface area contributed by atoms with E-state index in [2.05, 4.69) is 32.1 Å². The summed E-state index contributed by atoms with van der Waals surface area (Å²) in [5.41, 5.74) is 1.16. The summed E-state index contributed by atoms with van der Waals surface area (Å²) >= 11 is 5.25. The van der Waals surface area contributed by atoms with Crippen molar-refractivity contribution in [2.24, 2.45) is 0 Å². The Kier molecular flexibility index (Phi) is 6.05. The molecule has 0 unspecified atom stereocenters. The Balaban J connectivity index is 1.60. The van der Waals surface area contributed by atoms with Gasteiger partial charge in [0.15, 0.2) is 10.6 Å². The number of rotatable bonds is 7. The molecule has 11 heteroatoms. The third-order valence-corrected chi connectivity index (χ3v) is 5.25. The van der Waals surface area contributed by atoms with Gasteiger partial charge in [-0.1, -0.05) is 6.08 Å². The van der Waals surface area contributed by atoms with Crippen LogP contribution < -0.4 is 20.3 Å². The highest BCUT2D eigenvalue weighted by Crippen LogP contribution is 2.31. The van der Waals surface area contributed by atoms with Gasteiger partial charge in [0.25, 0.3) is 11.5 Å². The second kappa shape index (κ2) is 9.09. The van der Waals surface area contributed by atoms with Crippen LogP contribution in [-0.4, -0.2) is 44.9 Å². The molecule has 33 heavy (non-hydrogen) atoms. The van der Waals surface area contributed by atoms with E-state index in [4.69, 9.17) is 21.7 Å². The van der Waals surface area contributed by atoms with E-state index < -0.39 is 5.91 Å². The van der Waals surface area contributed by atoms with Gasteiger partial charge in [0.05, 0.1) is 30.7 Å². The van der Waals surface area contributed by atoms with Crippen LogP contribution in [-0.2, 0) is 6.54 Å². The van der Waals surface area contributed by atoms with Crippen molar-refractivity contribution in [3.63, 3.8) is 0 Å². The first kappa shape index (κ1) is 22.0. The third kappa shape index (κ3) is 4.26. The van der Waals surface area contributed by atoms with Crippen molar-refractivity contribution >= 4 is 35.0 Å². The lowest BCUT2D eigenvalue weighted by Crippen LogP contribution is -2.22. The molecule has 0 fully saturated rings. The molecule has 0 saturated heterocycles. The molecule has 10 nitrogen and oxygen atoms in total. The zero-order valence-electron chi connectivity index (χ0n) is 17.8. The number of ether oxygens (including phenoxy) is 2. The topological polar surface area (TPSA) is 127 Å². The number of allylic oxidation sites excluding steroid dienone is 1. The van der Waals surface area contributed by atoms with Crippen LogP contribution in [0.5, 0.6) is 11.5 Å². The predicted octanol–water partition coefficient (Wildman–Crippen LogP) is 3.30. The average molecular weight is 465 g/mol. The number of H-pyrrole nitrogens is 2. The number of nitrogens with zero attached hydrogens (tertiary/aromatic N) is 3. The first-order chi connectivity index (χ1) is 15.9. The molecule has 0 aliphatic rings. The molecule has 2 aromatic heterocycles. The van der Waals surface area contributed by atoms with Gasteiger partial charge in [-0.3, -0.25) is 24.6 Å². The van der Waals surface area contributed by atoms with E-state index in [-0.39, 0.29) is 16.3 Å². The van der Waals surface area contributed by atoms with Gasteiger partial charge < -0.3 is 14.5 Å². The standard InChI is InChI=1S/C22H20N6O4S/c1-4-9-28-20(30)14-7-5-12(10-16(14)23-22(28)33)19(29)25-21-24-18(26-27-21)15-8-6-13(31-2)11-17(15)32-3/h4-8,10-11H,1,9H2,2-3H3,(H,23,33)(H2,24,25,26,27,29). The first-order valence-corrected chi connectivity index (χ1v) is 10.2. The van der Waals surface area contributed by atoms with Crippen LogP contribution in [0.15, 0.2) is 53.8 Å². The second-order valence-corrected chi connectivity index (χ2v) is 7.31. The summed E-state index contributed by atoms with van der Waals surface area (Å²) in [5, 5.41) is 9.89. The summed E-state index contributed by atoms with van der Waals surface area (Å²) in [4.78, 5) is 32.7. The number of benzene rings is 2. The molecule has 2 heterocycles. The predicted molar refractivity (Wildman–Crippen MR) is 126 cm³/mol. The number of nitrogens with one attached hydrogen (secondary N) is 3. The van der Waals surface area contributed by atoms with Gasteiger partial charge in [-0.25, -0.2) is 0 Å². The van der Waals surface area contributed by atoms with Crippen molar-refractivity contribution in [2.75, 3.05) is 19.5 Å². The number of amides is 1. The van der Waals surface area contributed by atoms with Crippen LogP contribution in [0.4, 0.5) is 5.95 Å². The SMILES string of the molecule is C=CCn1c(=S)[nH]c2cc(C(=O)Nc3n[nH]c(-c4ccc(OC)cc4OC)n3)ccc2c1=O. The van der Waals surface area contributed by atoms with E-state index in [1.54, 1.807) is 49.6 Å². The molecule has 0 aliphatic heterocycles. The molecule has 168 valence electrons. The molecule has 4 aromatic rings. The van der Waals surface area contributed by atoms with Gasteiger partial charge in [0.1, 0.15) is 11.5 Å². The van der Waals surface area contributed by atoms with E-state index in [1.165, 1.54) is 11.7 Å². The summed E-state index contributed by atoms with van der Waals surface area (Å²) in [6.07, 6.45) is 1.59. The van der Waals surface area contributed by atoms with Gasteiger partial charge in [-0.15, -0.1) is 11.7 Å². The van der Waals surface area contributed by atoms with Crippen LogP contribution in [0, 0.1) is 4.77 Å². The monoisotopic (exact) mass is 464 g/mol. The van der Waals surface area contributed by atoms with Gasteiger partial charge >= 0.3 is 0 Å². The number of carbonyl (C=O) groups is 1. The zero-order chi connectivity index (χ0) is 23.5. The van der Waals surface area contributed by atoms with Crippen LogP contribution in [0.25, 0.3) is 22.3 Å². The molecule has 0 spiro atoms. The minimum absolute atomic E-state index is 0.0855. The average Bonchev–Trinajstić information content (AvgIpc) is 3.29. The van der Waals surface area contributed by atoms with Crippen molar-refractivity contribution in [2.45, 2.75) is 6.54 Å². The van der Waals surface area contributed by atoms with Gasteiger partial charge in [-0.2, -0.15) is 4.98 Å². The number of aromatic amines is 2. The molecular weight excluding hydrogens is 444 g/mol. The van der Waals surface area contributed by atoms with Crippen LogP contribution in [0.1, 0.15) is 10.4 Å². The van der Waals surface area contributed by atoms with Crippen LogP contribution >= 0.6 is 12.2 Å². The molecule has 3 N–H and O–H groups in total. The lowest BCUT2D eigenvalue weighted by atomic mass is 10.1. The van der Waals surface area contributed by atoms with E-state index in [0.717, 1.165) is 0 Å². The molecule has 2 aromatic carbocycles.